The number of carbonyl (C=O) groups excluding carboxylic acids is 3. The van der Waals surface area contributed by atoms with Gasteiger partial charge in [0.25, 0.3) is 5.91 Å². The van der Waals surface area contributed by atoms with Gasteiger partial charge in [-0.2, -0.15) is 13.2 Å². The first-order valence-electron chi connectivity index (χ1n) is 11.6. The fourth-order valence-corrected chi connectivity index (χ4v) is 3.72. The van der Waals surface area contributed by atoms with E-state index in [-0.39, 0.29) is 17.8 Å². The van der Waals surface area contributed by atoms with Gasteiger partial charge in [0, 0.05) is 37.2 Å². The zero-order valence-corrected chi connectivity index (χ0v) is 20.6. The quantitative estimate of drug-likeness (QED) is 0.501. The Bertz CT molecular complexity index is 1140. The van der Waals surface area contributed by atoms with Crippen molar-refractivity contribution >= 4 is 23.7 Å². The van der Waals surface area contributed by atoms with Crippen molar-refractivity contribution in [2.24, 2.45) is 0 Å². The number of aromatic nitrogens is 1. The SMILES string of the molecule is CC(C)(C)OC(=O)N1CCC[C@H](NC(=O)c2cn(-c3cccc(F)c3)cc2NC(=O)NCC(F)(F)F)C1. The summed E-state index contributed by atoms with van der Waals surface area (Å²) in [5.74, 6) is -1.17. The summed E-state index contributed by atoms with van der Waals surface area (Å²) in [6.07, 6.45) is -1.31. The normalized spacial score (nSPS) is 16.2. The summed E-state index contributed by atoms with van der Waals surface area (Å²) >= 11 is 0. The summed E-state index contributed by atoms with van der Waals surface area (Å²) in [6, 6.07) is 3.81. The van der Waals surface area contributed by atoms with Crippen LogP contribution in [0.25, 0.3) is 5.69 Å². The molecule has 2 heterocycles. The van der Waals surface area contributed by atoms with Crippen LogP contribution in [-0.4, -0.2) is 65.0 Å². The molecule has 1 aromatic carbocycles. The Hall–Kier alpha value is -3.77. The van der Waals surface area contributed by atoms with Gasteiger partial charge < -0.3 is 30.2 Å². The number of ether oxygens (including phenoxy) is 1. The zero-order chi connectivity index (χ0) is 27.4. The Morgan fingerprint density at radius 1 is 1.14 bits per heavy atom. The molecular formula is C24H29F4N5O4. The lowest BCUT2D eigenvalue weighted by molar-refractivity contribution is -0.122. The first kappa shape index (κ1) is 27.8. The summed E-state index contributed by atoms with van der Waals surface area (Å²) in [7, 11) is 0. The monoisotopic (exact) mass is 527 g/mol. The zero-order valence-electron chi connectivity index (χ0n) is 20.6. The number of hydrogen-bond acceptors (Lipinski definition) is 4. The molecule has 1 aromatic heterocycles. The predicted molar refractivity (Wildman–Crippen MR) is 127 cm³/mol. The molecule has 3 rings (SSSR count). The maximum atomic E-state index is 13.7. The second-order valence-corrected chi connectivity index (χ2v) is 9.63. The summed E-state index contributed by atoms with van der Waals surface area (Å²) in [6.45, 7) is 4.33. The molecule has 2 aromatic rings. The van der Waals surface area contributed by atoms with Crippen molar-refractivity contribution in [3.05, 3.63) is 48.0 Å². The Balaban J connectivity index is 1.78. The minimum absolute atomic E-state index is 0.0548. The van der Waals surface area contributed by atoms with E-state index in [1.165, 1.54) is 40.1 Å². The van der Waals surface area contributed by atoms with Crippen LogP contribution in [0.2, 0.25) is 0 Å². The molecule has 3 N–H and O–H groups in total. The number of halogens is 4. The van der Waals surface area contributed by atoms with Gasteiger partial charge in [-0.15, -0.1) is 0 Å². The summed E-state index contributed by atoms with van der Waals surface area (Å²) < 4.78 is 57.9. The number of anilines is 1. The van der Waals surface area contributed by atoms with Crippen molar-refractivity contribution in [3.8, 4) is 5.69 Å². The van der Waals surface area contributed by atoms with E-state index in [1.807, 2.05) is 0 Å². The highest BCUT2D eigenvalue weighted by Gasteiger charge is 2.30. The lowest BCUT2D eigenvalue weighted by Crippen LogP contribution is -2.50. The molecule has 0 radical (unpaired) electrons. The van der Waals surface area contributed by atoms with Crippen LogP contribution >= 0.6 is 0 Å². The van der Waals surface area contributed by atoms with Crippen LogP contribution in [0.4, 0.5) is 32.8 Å². The molecule has 1 saturated heterocycles. The van der Waals surface area contributed by atoms with Gasteiger partial charge in [0.05, 0.1) is 11.3 Å². The molecule has 4 amide bonds. The Kier molecular flexibility index (Phi) is 8.34. The van der Waals surface area contributed by atoms with Gasteiger partial charge in [0.15, 0.2) is 0 Å². The summed E-state index contributed by atoms with van der Waals surface area (Å²) in [5, 5.41) is 6.73. The Morgan fingerprint density at radius 2 is 1.86 bits per heavy atom. The summed E-state index contributed by atoms with van der Waals surface area (Å²) in [4.78, 5) is 39.2. The number of likely N-dealkylation sites (tertiary alicyclic amines) is 1. The second-order valence-electron chi connectivity index (χ2n) is 9.63. The van der Waals surface area contributed by atoms with Crippen LogP contribution in [0, 0.1) is 5.82 Å². The van der Waals surface area contributed by atoms with Gasteiger partial charge in [-0.1, -0.05) is 6.07 Å². The number of nitrogens with one attached hydrogen (secondary N) is 3. The van der Waals surface area contributed by atoms with Crippen molar-refractivity contribution in [3.63, 3.8) is 0 Å². The maximum absolute atomic E-state index is 13.7. The second kappa shape index (κ2) is 11.1. The maximum Gasteiger partial charge on any atom is 0.410 e. The van der Waals surface area contributed by atoms with E-state index in [9.17, 15) is 31.9 Å². The number of piperidine rings is 1. The molecule has 1 aliphatic rings. The molecule has 202 valence electrons. The van der Waals surface area contributed by atoms with Crippen LogP contribution in [0.5, 0.6) is 0 Å². The lowest BCUT2D eigenvalue weighted by Gasteiger charge is -2.34. The minimum atomic E-state index is -4.62. The number of rotatable bonds is 5. The molecular weight excluding hydrogens is 498 g/mol. The van der Waals surface area contributed by atoms with E-state index >= 15 is 0 Å². The third kappa shape index (κ3) is 8.40. The molecule has 1 atom stereocenters. The van der Waals surface area contributed by atoms with Gasteiger partial charge in [-0.3, -0.25) is 4.79 Å². The average Bonchev–Trinajstić information content (AvgIpc) is 3.20. The molecule has 0 bridgehead atoms. The van der Waals surface area contributed by atoms with E-state index in [2.05, 4.69) is 10.6 Å². The van der Waals surface area contributed by atoms with Gasteiger partial charge >= 0.3 is 18.3 Å². The van der Waals surface area contributed by atoms with Crippen molar-refractivity contribution in [2.45, 2.75) is 51.4 Å². The minimum Gasteiger partial charge on any atom is -0.444 e. The molecule has 9 nitrogen and oxygen atoms in total. The molecule has 1 fully saturated rings. The van der Waals surface area contributed by atoms with Crippen LogP contribution in [0.15, 0.2) is 36.7 Å². The number of benzene rings is 1. The number of urea groups is 1. The highest BCUT2D eigenvalue weighted by molar-refractivity contribution is 6.03. The molecule has 37 heavy (non-hydrogen) atoms. The lowest BCUT2D eigenvalue weighted by atomic mass is 10.1. The molecule has 0 spiro atoms. The Labute approximate surface area is 211 Å². The standard InChI is InChI=1S/C24H29F4N5O4/c1-23(2,3)37-22(36)32-9-5-7-16(11-32)30-20(34)18-12-33(17-8-4-6-15(25)10-17)13-19(18)31-21(35)29-14-24(26,27)28/h4,6,8,10,12-13,16H,5,7,9,11,14H2,1-3H3,(H,30,34)(H2,29,31,35)/t16-/m0/s1. The largest absolute Gasteiger partial charge is 0.444 e. The number of alkyl halides is 3. The fourth-order valence-electron chi connectivity index (χ4n) is 3.72. The van der Waals surface area contributed by atoms with E-state index in [0.29, 0.717) is 25.1 Å². The van der Waals surface area contributed by atoms with Gasteiger partial charge in [-0.25, -0.2) is 14.0 Å². The topological polar surface area (TPSA) is 105 Å². The van der Waals surface area contributed by atoms with E-state index in [1.54, 1.807) is 32.2 Å². The highest BCUT2D eigenvalue weighted by Crippen LogP contribution is 2.23. The molecule has 1 aliphatic heterocycles. The van der Waals surface area contributed by atoms with Crippen molar-refractivity contribution in [1.29, 1.82) is 0 Å². The van der Waals surface area contributed by atoms with Crippen LogP contribution in [0.3, 0.4) is 0 Å². The molecule has 13 heteroatoms. The van der Waals surface area contributed by atoms with Gasteiger partial charge in [0.1, 0.15) is 18.0 Å². The van der Waals surface area contributed by atoms with Crippen LogP contribution in [-0.2, 0) is 4.74 Å². The smallest absolute Gasteiger partial charge is 0.410 e. The third-order valence-electron chi connectivity index (χ3n) is 5.28. The van der Waals surface area contributed by atoms with Crippen molar-refractivity contribution in [2.75, 3.05) is 25.0 Å². The first-order chi connectivity index (χ1) is 17.2. The number of amides is 4. The van der Waals surface area contributed by atoms with Gasteiger partial charge in [0.2, 0.25) is 0 Å². The van der Waals surface area contributed by atoms with E-state index in [0.717, 1.165) is 0 Å². The molecule has 0 saturated carbocycles. The van der Waals surface area contributed by atoms with Crippen molar-refractivity contribution in [1.82, 2.24) is 20.1 Å². The van der Waals surface area contributed by atoms with Crippen LogP contribution < -0.4 is 16.0 Å². The average molecular weight is 528 g/mol. The van der Waals surface area contributed by atoms with Crippen molar-refractivity contribution < 1.29 is 36.7 Å². The fraction of sp³-hybridized carbons (Fsp3) is 0.458. The predicted octanol–water partition coefficient (Wildman–Crippen LogP) is 4.43. The van der Waals surface area contributed by atoms with Crippen LogP contribution in [0.1, 0.15) is 44.0 Å². The number of nitrogens with zero attached hydrogens (tertiary/aromatic N) is 2. The number of hydrogen-bond donors (Lipinski definition) is 3. The molecule has 0 unspecified atom stereocenters. The molecule has 0 aliphatic carbocycles. The highest BCUT2D eigenvalue weighted by atomic mass is 19.4. The Morgan fingerprint density at radius 3 is 2.51 bits per heavy atom. The third-order valence-corrected chi connectivity index (χ3v) is 5.28. The number of carbonyl (C=O) groups is 3. The van der Waals surface area contributed by atoms with E-state index < -0.39 is 48.2 Å². The van der Waals surface area contributed by atoms with E-state index in [4.69, 9.17) is 4.74 Å². The van der Waals surface area contributed by atoms with Gasteiger partial charge in [-0.05, 0) is 51.8 Å². The first-order valence-corrected chi connectivity index (χ1v) is 11.6. The summed E-state index contributed by atoms with van der Waals surface area (Å²) in [5.41, 5.74) is -0.492.